The largest absolute Gasteiger partial charge is 0.481 e. The zero-order chi connectivity index (χ0) is 13.7. The van der Waals surface area contributed by atoms with E-state index in [0.717, 1.165) is 5.69 Å². The molecule has 1 aromatic carbocycles. The summed E-state index contributed by atoms with van der Waals surface area (Å²) in [5.41, 5.74) is 6.35. The van der Waals surface area contributed by atoms with Gasteiger partial charge in [-0.25, -0.2) is 0 Å². The average molecular weight is 250 g/mol. The maximum absolute atomic E-state index is 10.9. The number of hydrogen-bond acceptors (Lipinski definition) is 3. The molecule has 4 N–H and O–H groups in total. The fraction of sp³-hybridized carbons (Fsp3) is 0.385. The Bertz CT molecular complexity index is 426. The van der Waals surface area contributed by atoms with Crippen molar-refractivity contribution in [2.45, 2.75) is 26.3 Å². The minimum absolute atomic E-state index is 0.0508. The van der Waals surface area contributed by atoms with Crippen LogP contribution in [0, 0.1) is 5.92 Å². The molecule has 1 amide bonds. The maximum atomic E-state index is 10.9. The molecule has 1 unspecified atom stereocenters. The molecule has 0 fully saturated rings. The van der Waals surface area contributed by atoms with Crippen LogP contribution in [0.1, 0.15) is 30.6 Å². The van der Waals surface area contributed by atoms with Gasteiger partial charge >= 0.3 is 5.97 Å². The summed E-state index contributed by atoms with van der Waals surface area (Å²) < 4.78 is 0. The number of benzene rings is 1. The number of aliphatic carboxylic acids is 1. The molecular formula is C13H18N2O3. The van der Waals surface area contributed by atoms with Gasteiger partial charge in [-0.3, -0.25) is 9.59 Å². The molecule has 0 saturated carbocycles. The first-order chi connectivity index (χ1) is 8.40. The first-order valence-corrected chi connectivity index (χ1v) is 5.78. The fourth-order valence-corrected chi connectivity index (χ4v) is 1.59. The summed E-state index contributed by atoms with van der Waals surface area (Å²) in [5.74, 6) is -1.13. The van der Waals surface area contributed by atoms with Gasteiger partial charge in [-0.15, -0.1) is 0 Å². The molecule has 0 aliphatic rings. The van der Waals surface area contributed by atoms with Crippen molar-refractivity contribution in [3.05, 3.63) is 29.8 Å². The van der Waals surface area contributed by atoms with Crippen molar-refractivity contribution >= 4 is 17.6 Å². The van der Waals surface area contributed by atoms with E-state index in [1.54, 1.807) is 24.3 Å². The van der Waals surface area contributed by atoms with Crippen molar-refractivity contribution in [1.29, 1.82) is 0 Å². The predicted octanol–water partition coefficient (Wildman–Crippen LogP) is 1.70. The molecule has 5 heteroatoms. The number of carboxylic acid groups (broad SMARTS) is 1. The summed E-state index contributed by atoms with van der Waals surface area (Å²) in [4.78, 5) is 21.7. The van der Waals surface area contributed by atoms with Crippen LogP contribution < -0.4 is 11.1 Å². The normalized spacial score (nSPS) is 12.2. The summed E-state index contributed by atoms with van der Waals surface area (Å²) in [5, 5.41) is 12.0. The van der Waals surface area contributed by atoms with Crippen LogP contribution in [-0.2, 0) is 4.79 Å². The van der Waals surface area contributed by atoms with Gasteiger partial charge in [-0.2, -0.15) is 0 Å². The summed E-state index contributed by atoms with van der Waals surface area (Å²) in [7, 11) is 0. The number of nitrogens with one attached hydrogen (secondary N) is 1. The van der Waals surface area contributed by atoms with Crippen LogP contribution in [0.3, 0.4) is 0 Å². The van der Waals surface area contributed by atoms with E-state index >= 15 is 0 Å². The Hall–Kier alpha value is -2.04. The zero-order valence-corrected chi connectivity index (χ0v) is 10.5. The van der Waals surface area contributed by atoms with Crippen LogP contribution in [0.4, 0.5) is 5.69 Å². The number of rotatable bonds is 6. The number of hydrogen-bond donors (Lipinski definition) is 3. The number of carboxylic acids is 1. The molecular weight excluding hydrogens is 232 g/mol. The molecule has 1 atom stereocenters. The van der Waals surface area contributed by atoms with E-state index in [4.69, 9.17) is 10.8 Å². The van der Waals surface area contributed by atoms with Crippen molar-refractivity contribution < 1.29 is 14.7 Å². The molecule has 0 aliphatic heterocycles. The SMILES string of the molecule is CC(C)C(CC(=O)O)Nc1ccc(C(N)=O)cc1. The highest BCUT2D eigenvalue weighted by atomic mass is 16.4. The molecule has 0 aliphatic carbocycles. The van der Waals surface area contributed by atoms with Crippen LogP contribution in [-0.4, -0.2) is 23.0 Å². The predicted molar refractivity (Wildman–Crippen MR) is 69.5 cm³/mol. The Kier molecular flexibility index (Phi) is 4.71. The zero-order valence-electron chi connectivity index (χ0n) is 10.5. The Labute approximate surface area is 106 Å². The monoisotopic (exact) mass is 250 g/mol. The van der Waals surface area contributed by atoms with Crippen LogP contribution >= 0.6 is 0 Å². The van der Waals surface area contributed by atoms with E-state index in [9.17, 15) is 9.59 Å². The number of anilines is 1. The standard InChI is InChI=1S/C13H18N2O3/c1-8(2)11(7-12(16)17)15-10-5-3-9(4-6-10)13(14)18/h3-6,8,11,15H,7H2,1-2H3,(H2,14,18)(H,16,17). The van der Waals surface area contributed by atoms with E-state index in [1.807, 2.05) is 13.8 Å². The second kappa shape index (κ2) is 6.05. The Morgan fingerprint density at radius 2 is 1.83 bits per heavy atom. The lowest BCUT2D eigenvalue weighted by atomic mass is 10.0. The lowest BCUT2D eigenvalue weighted by Crippen LogP contribution is -2.28. The number of carbonyl (C=O) groups is 2. The van der Waals surface area contributed by atoms with E-state index in [-0.39, 0.29) is 18.4 Å². The third-order valence-corrected chi connectivity index (χ3v) is 2.72. The molecule has 98 valence electrons. The summed E-state index contributed by atoms with van der Waals surface area (Å²) in [6.07, 6.45) is 0.0508. The lowest BCUT2D eigenvalue weighted by molar-refractivity contribution is -0.137. The van der Waals surface area contributed by atoms with Crippen molar-refractivity contribution in [3.63, 3.8) is 0 Å². The number of nitrogens with two attached hydrogens (primary N) is 1. The van der Waals surface area contributed by atoms with Gasteiger partial charge in [0, 0.05) is 17.3 Å². The van der Waals surface area contributed by atoms with Gasteiger partial charge < -0.3 is 16.2 Å². The average Bonchev–Trinajstić information content (AvgIpc) is 2.28. The van der Waals surface area contributed by atoms with Crippen molar-refractivity contribution in [2.75, 3.05) is 5.32 Å². The minimum atomic E-state index is -0.838. The summed E-state index contributed by atoms with van der Waals surface area (Å²) in [6.45, 7) is 3.91. The first-order valence-electron chi connectivity index (χ1n) is 5.78. The molecule has 1 aromatic rings. The molecule has 0 bridgehead atoms. The first kappa shape index (κ1) is 14.0. The molecule has 18 heavy (non-hydrogen) atoms. The smallest absolute Gasteiger partial charge is 0.305 e. The van der Waals surface area contributed by atoms with Gasteiger partial charge in [-0.1, -0.05) is 13.8 Å². The molecule has 0 heterocycles. The second-order valence-electron chi connectivity index (χ2n) is 4.53. The van der Waals surface area contributed by atoms with Crippen LogP contribution in [0.25, 0.3) is 0 Å². The van der Waals surface area contributed by atoms with E-state index < -0.39 is 11.9 Å². The van der Waals surface area contributed by atoms with E-state index in [1.165, 1.54) is 0 Å². The van der Waals surface area contributed by atoms with Crippen LogP contribution in [0.15, 0.2) is 24.3 Å². The Morgan fingerprint density at radius 1 is 1.28 bits per heavy atom. The number of amides is 1. The van der Waals surface area contributed by atoms with Gasteiger partial charge in [0.15, 0.2) is 0 Å². The quantitative estimate of drug-likeness (QED) is 0.716. The highest BCUT2D eigenvalue weighted by molar-refractivity contribution is 5.93. The van der Waals surface area contributed by atoms with Gasteiger partial charge in [0.1, 0.15) is 0 Å². The summed E-state index contributed by atoms with van der Waals surface area (Å²) in [6, 6.07) is 6.52. The summed E-state index contributed by atoms with van der Waals surface area (Å²) >= 11 is 0. The highest BCUT2D eigenvalue weighted by Crippen LogP contribution is 2.16. The lowest BCUT2D eigenvalue weighted by Gasteiger charge is -2.21. The minimum Gasteiger partial charge on any atom is -0.481 e. The number of primary amides is 1. The molecule has 0 radical (unpaired) electrons. The van der Waals surface area contributed by atoms with Crippen molar-refractivity contribution in [1.82, 2.24) is 0 Å². The highest BCUT2D eigenvalue weighted by Gasteiger charge is 2.16. The molecule has 1 rings (SSSR count). The van der Waals surface area contributed by atoms with Crippen LogP contribution in [0.2, 0.25) is 0 Å². The molecule has 0 spiro atoms. The molecule has 0 aromatic heterocycles. The van der Waals surface area contributed by atoms with Gasteiger partial charge in [0.05, 0.1) is 6.42 Å². The molecule has 5 nitrogen and oxygen atoms in total. The third kappa shape index (κ3) is 4.08. The van der Waals surface area contributed by atoms with Gasteiger partial charge in [0.25, 0.3) is 0 Å². The van der Waals surface area contributed by atoms with Gasteiger partial charge in [0.2, 0.25) is 5.91 Å². The van der Waals surface area contributed by atoms with Crippen molar-refractivity contribution in [2.24, 2.45) is 11.7 Å². The van der Waals surface area contributed by atoms with Crippen molar-refractivity contribution in [3.8, 4) is 0 Å². The Balaban J connectivity index is 2.74. The van der Waals surface area contributed by atoms with E-state index in [2.05, 4.69) is 5.32 Å². The van der Waals surface area contributed by atoms with Gasteiger partial charge in [-0.05, 0) is 30.2 Å². The Morgan fingerprint density at radius 3 is 2.22 bits per heavy atom. The molecule has 0 saturated heterocycles. The maximum Gasteiger partial charge on any atom is 0.305 e. The second-order valence-corrected chi connectivity index (χ2v) is 4.53. The van der Waals surface area contributed by atoms with Crippen LogP contribution in [0.5, 0.6) is 0 Å². The number of carbonyl (C=O) groups excluding carboxylic acids is 1. The third-order valence-electron chi connectivity index (χ3n) is 2.72. The fourth-order valence-electron chi connectivity index (χ4n) is 1.59. The topological polar surface area (TPSA) is 92.4 Å². The van der Waals surface area contributed by atoms with E-state index in [0.29, 0.717) is 5.56 Å².